The number of hydrogen-bond donors (Lipinski definition) is 1. The molecule has 0 spiro atoms. The van der Waals surface area contributed by atoms with Crippen LogP contribution in [-0.4, -0.2) is 24.1 Å². The number of carbonyl (C=O) groups is 3. The van der Waals surface area contributed by atoms with Gasteiger partial charge < -0.3 is 14.8 Å². The standard InChI is InChI=1S/C33H35Cl2NO5/c1-17-7-8-22(18(2)9-17)36-27(39)16-40-31-20(34)10-19(11-21(31)35)28-29-23(37)12-32(3,4)14-25(29)41-26-15-33(5,6)13-24(38)30(26)28/h7-11,28H,12-16H2,1-6H3,(H,36,39). The molecule has 0 radical (unpaired) electrons. The van der Waals surface area contributed by atoms with E-state index in [1.54, 1.807) is 12.1 Å². The lowest BCUT2D eigenvalue weighted by atomic mass is 9.65. The zero-order valence-electron chi connectivity index (χ0n) is 24.3. The van der Waals surface area contributed by atoms with E-state index in [9.17, 15) is 14.4 Å². The van der Waals surface area contributed by atoms with E-state index in [2.05, 4.69) is 5.32 Å². The van der Waals surface area contributed by atoms with Gasteiger partial charge >= 0.3 is 0 Å². The van der Waals surface area contributed by atoms with Crippen LogP contribution >= 0.6 is 23.2 Å². The van der Waals surface area contributed by atoms with E-state index in [-0.39, 0.29) is 50.7 Å². The quantitative estimate of drug-likeness (QED) is 0.378. The second kappa shape index (κ2) is 10.6. The van der Waals surface area contributed by atoms with Crippen LogP contribution in [0.3, 0.4) is 0 Å². The van der Waals surface area contributed by atoms with Gasteiger partial charge in [-0.15, -0.1) is 0 Å². The molecule has 0 aromatic heterocycles. The molecule has 1 aliphatic heterocycles. The highest BCUT2D eigenvalue weighted by molar-refractivity contribution is 6.37. The van der Waals surface area contributed by atoms with E-state index < -0.39 is 5.92 Å². The second-order valence-electron chi connectivity index (χ2n) is 13.1. The van der Waals surface area contributed by atoms with Gasteiger partial charge in [0.25, 0.3) is 5.91 Å². The second-order valence-corrected chi connectivity index (χ2v) is 13.9. The average Bonchev–Trinajstić information content (AvgIpc) is 2.82. The maximum absolute atomic E-state index is 13.5. The molecular weight excluding hydrogens is 561 g/mol. The number of halogens is 2. The van der Waals surface area contributed by atoms with Gasteiger partial charge in [0.05, 0.1) is 10.0 Å². The number of Topliss-reactive ketones (excluding diaryl/α,β-unsaturated/α-hetero) is 2. The van der Waals surface area contributed by atoms with Crippen LogP contribution in [0.25, 0.3) is 0 Å². The normalized spacial score (nSPS) is 19.9. The first-order chi connectivity index (χ1) is 19.1. The lowest BCUT2D eigenvalue weighted by molar-refractivity contribution is -0.120. The van der Waals surface area contributed by atoms with Gasteiger partial charge in [0.1, 0.15) is 11.5 Å². The molecule has 5 rings (SSSR count). The molecule has 1 N–H and O–H groups in total. The Kier molecular flexibility index (Phi) is 7.62. The van der Waals surface area contributed by atoms with Gasteiger partial charge in [-0.1, -0.05) is 68.6 Å². The largest absolute Gasteiger partial charge is 0.481 e. The minimum atomic E-state index is -0.627. The molecule has 2 aromatic rings. The van der Waals surface area contributed by atoms with Crippen LogP contribution in [0, 0.1) is 24.7 Å². The molecule has 0 bridgehead atoms. The van der Waals surface area contributed by atoms with Crippen molar-refractivity contribution in [1.29, 1.82) is 0 Å². The molecule has 1 heterocycles. The maximum Gasteiger partial charge on any atom is 0.262 e. The molecule has 8 heteroatoms. The van der Waals surface area contributed by atoms with E-state index in [4.69, 9.17) is 32.7 Å². The van der Waals surface area contributed by atoms with Crippen LogP contribution in [0.2, 0.25) is 10.0 Å². The number of nitrogens with one attached hydrogen (secondary N) is 1. The van der Waals surface area contributed by atoms with Crippen molar-refractivity contribution in [1.82, 2.24) is 0 Å². The molecule has 41 heavy (non-hydrogen) atoms. The van der Waals surface area contributed by atoms with E-state index in [1.807, 2.05) is 59.7 Å². The third-order valence-electron chi connectivity index (χ3n) is 7.94. The van der Waals surface area contributed by atoms with Crippen LogP contribution < -0.4 is 10.1 Å². The Balaban J connectivity index is 1.46. The smallest absolute Gasteiger partial charge is 0.262 e. The fraction of sp³-hybridized carbons (Fsp3) is 0.424. The Labute approximate surface area is 251 Å². The van der Waals surface area contributed by atoms with Crippen LogP contribution in [-0.2, 0) is 19.1 Å². The number of aryl methyl sites for hydroxylation is 2. The topological polar surface area (TPSA) is 81.7 Å². The van der Waals surface area contributed by atoms with Gasteiger partial charge in [-0.2, -0.15) is 0 Å². The molecule has 0 saturated heterocycles. The minimum absolute atomic E-state index is 0.0407. The number of rotatable bonds is 5. The summed E-state index contributed by atoms with van der Waals surface area (Å²) in [6.07, 6.45) is 1.89. The Morgan fingerprint density at radius 2 is 1.44 bits per heavy atom. The summed E-state index contributed by atoms with van der Waals surface area (Å²) in [4.78, 5) is 39.7. The lowest BCUT2D eigenvalue weighted by Gasteiger charge is -2.42. The van der Waals surface area contributed by atoms with Crippen LogP contribution in [0.5, 0.6) is 5.75 Å². The van der Waals surface area contributed by atoms with Crippen molar-refractivity contribution >= 4 is 46.4 Å². The van der Waals surface area contributed by atoms with Crippen molar-refractivity contribution in [2.45, 2.75) is 73.1 Å². The number of benzene rings is 2. The molecule has 216 valence electrons. The molecule has 0 saturated carbocycles. The molecular formula is C33H35Cl2NO5. The third kappa shape index (κ3) is 5.96. The summed E-state index contributed by atoms with van der Waals surface area (Å²) in [7, 11) is 0. The summed E-state index contributed by atoms with van der Waals surface area (Å²) >= 11 is 13.4. The summed E-state index contributed by atoms with van der Waals surface area (Å²) in [5, 5.41) is 3.22. The molecule has 0 unspecified atom stereocenters. The van der Waals surface area contributed by atoms with Gasteiger partial charge in [-0.25, -0.2) is 0 Å². The molecule has 2 aromatic carbocycles. The minimum Gasteiger partial charge on any atom is -0.481 e. The zero-order valence-corrected chi connectivity index (χ0v) is 25.8. The first kappa shape index (κ1) is 29.4. The Hall–Kier alpha value is -3.09. The molecule has 6 nitrogen and oxygen atoms in total. The highest BCUT2D eigenvalue weighted by atomic mass is 35.5. The fourth-order valence-corrected chi connectivity index (χ4v) is 6.78. The van der Waals surface area contributed by atoms with Crippen LogP contribution in [0.1, 0.15) is 76.0 Å². The summed E-state index contributed by atoms with van der Waals surface area (Å²) in [6.45, 7) is 11.8. The first-order valence-corrected chi connectivity index (χ1v) is 14.6. The molecule has 1 amide bonds. The molecule has 3 aliphatic rings. The van der Waals surface area contributed by atoms with Crippen LogP contribution in [0.4, 0.5) is 5.69 Å². The number of ether oxygens (including phenoxy) is 2. The number of anilines is 1. The van der Waals surface area contributed by atoms with Crippen molar-refractivity contribution in [3.63, 3.8) is 0 Å². The SMILES string of the molecule is Cc1ccc(NC(=O)COc2c(Cl)cc(C3C4=C(CC(C)(C)CC4=O)OC4=C3C(=O)CC(C)(C)C4)cc2Cl)c(C)c1. The maximum atomic E-state index is 13.5. The van der Waals surface area contributed by atoms with Gasteiger partial charge in [-0.05, 0) is 54.0 Å². The van der Waals surface area contributed by atoms with Gasteiger partial charge in [0, 0.05) is 48.4 Å². The Bertz CT molecular complexity index is 1470. The van der Waals surface area contributed by atoms with Gasteiger partial charge in [-0.3, -0.25) is 14.4 Å². The molecule has 0 atom stereocenters. The average molecular weight is 597 g/mol. The third-order valence-corrected chi connectivity index (χ3v) is 8.50. The number of hydrogen-bond acceptors (Lipinski definition) is 5. The van der Waals surface area contributed by atoms with E-state index in [0.29, 0.717) is 59.6 Å². The van der Waals surface area contributed by atoms with E-state index in [0.717, 1.165) is 11.1 Å². The lowest BCUT2D eigenvalue weighted by Crippen LogP contribution is -2.37. The van der Waals surface area contributed by atoms with E-state index >= 15 is 0 Å². The van der Waals surface area contributed by atoms with Crippen molar-refractivity contribution < 1.29 is 23.9 Å². The molecule has 0 fully saturated rings. The zero-order chi connectivity index (χ0) is 29.9. The summed E-state index contributed by atoms with van der Waals surface area (Å²) in [5.41, 5.74) is 3.87. The van der Waals surface area contributed by atoms with Gasteiger partial charge in [0.2, 0.25) is 0 Å². The van der Waals surface area contributed by atoms with Crippen molar-refractivity contribution in [3.05, 3.63) is 79.7 Å². The Morgan fingerprint density at radius 3 is 1.95 bits per heavy atom. The Morgan fingerprint density at radius 1 is 0.902 bits per heavy atom. The monoisotopic (exact) mass is 595 g/mol. The number of allylic oxidation sites excluding steroid dienone is 4. The predicted octanol–water partition coefficient (Wildman–Crippen LogP) is 8.03. The highest BCUT2D eigenvalue weighted by Gasteiger charge is 2.48. The highest BCUT2D eigenvalue weighted by Crippen LogP contribution is 2.54. The summed E-state index contributed by atoms with van der Waals surface area (Å²) < 4.78 is 12.1. The summed E-state index contributed by atoms with van der Waals surface area (Å²) in [6, 6.07) is 9.10. The number of amides is 1. The summed E-state index contributed by atoms with van der Waals surface area (Å²) in [5.74, 6) is 0.343. The van der Waals surface area contributed by atoms with Gasteiger partial charge in [0.15, 0.2) is 23.9 Å². The predicted molar refractivity (Wildman–Crippen MR) is 160 cm³/mol. The number of carbonyl (C=O) groups excluding carboxylic acids is 3. The number of ketones is 2. The van der Waals surface area contributed by atoms with Crippen molar-refractivity contribution in [2.24, 2.45) is 10.8 Å². The fourth-order valence-electron chi connectivity index (χ4n) is 6.17. The van der Waals surface area contributed by atoms with Crippen molar-refractivity contribution in [3.8, 4) is 5.75 Å². The molecule has 2 aliphatic carbocycles. The van der Waals surface area contributed by atoms with E-state index in [1.165, 1.54) is 0 Å². The van der Waals surface area contributed by atoms with Crippen LogP contribution in [0.15, 0.2) is 53.0 Å². The first-order valence-electron chi connectivity index (χ1n) is 13.8. The van der Waals surface area contributed by atoms with Crippen molar-refractivity contribution in [2.75, 3.05) is 11.9 Å².